The molecule has 0 aliphatic carbocycles. The van der Waals surface area contributed by atoms with Gasteiger partial charge in [-0.25, -0.2) is 8.78 Å². The number of amides is 1. The predicted molar refractivity (Wildman–Crippen MR) is 87.5 cm³/mol. The fraction of sp³-hybridized carbons (Fsp3) is 0.316. The van der Waals surface area contributed by atoms with Gasteiger partial charge in [-0.1, -0.05) is 30.3 Å². The average Bonchev–Trinajstić information content (AvgIpc) is 2.99. The van der Waals surface area contributed by atoms with Crippen LogP contribution in [0.5, 0.6) is 0 Å². The van der Waals surface area contributed by atoms with Crippen LogP contribution < -0.4 is 0 Å². The maximum Gasteiger partial charge on any atom is 0.249 e. The minimum atomic E-state index is -0.772. The summed E-state index contributed by atoms with van der Waals surface area (Å²) < 4.78 is 32.9. The van der Waals surface area contributed by atoms with Gasteiger partial charge in [0.05, 0.1) is 18.8 Å². The van der Waals surface area contributed by atoms with Gasteiger partial charge in [0, 0.05) is 12.1 Å². The first-order valence-electron chi connectivity index (χ1n) is 8.08. The molecule has 132 valence electrons. The standard InChI is InChI=1S/C19H19F2NO3/c20-14-6-7-17(21)16(8-14)18-9-15(23)10-22(18)19(24)12-25-11-13-4-2-1-3-5-13/h1-8,15,18,23H,9-12H2/t15-,18+/m0/s1. The second-order valence-electron chi connectivity index (χ2n) is 6.10. The summed E-state index contributed by atoms with van der Waals surface area (Å²) in [5.41, 5.74) is 1.01. The van der Waals surface area contributed by atoms with Crippen LogP contribution in [0, 0.1) is 11.6 Å². The van der Waals surface area contributed by atoms with Gasteiger partial charge >= 0.3 is 0 Å². The van der Waals surface area contributed by atoms with E-state index in [4.69, 9.17) is 4.74 Å². The molecular weight excluding hydrogens is 328 g/mol. The Balaban J connectivity index is 1.66. The molecule has 0 unspecified atom stereocenters. The van der Waals surface area contributed by atoms with Gasteiger partial charge in [0.15, 0.2) is 0 Å². The summed E-state index contributed by atoms with van der Waals surface area (Å²) in [7, 11) is 0. The summed E-state index contributed by atoms with van der Waals surface area (Å²) in [6.45, 7) is 0.172. The molecule has 2 atom stereocenters. The summed E-state index contributed by atoms with van der Waals surface area (Å²) in [6, 6.07) is 11.8. The number of carbonyl (C=O) groups is 1. The van der Waals surface area contributed by atoms with Crippen molar-refractivity contribution >= 4 is 5.91 Å². The van der Waals surface area contributed by atoms with Crippen molar-refractivity contribution in [1.29, 1.82) is 0 Å². The monoisotopic (exact) mass is 347 g/mol. The molecule has 4 nitrogen and oxygen atoms in total. The normalized spacial score (nSPS) is 20.0. The number of β-amino-alcohol motifs (C(OH)–C–C–N with tert-alkyl or cyclic N) is 1. The van der Waals surface area contributed by atoms with E-state index in [1.165, 1.54) is 4.90 Å². The van der Waals surface area contributed by atoms with Crippen molar-refractivity contribution in [3.05, 3.63) is 71.3 Å². The summed E-state index contributed by atoms with van der Waals surface area (Å²) >= 11 is 0. The van der Waals surface area contributed by atoms with E-state index in [0.717, 1.165) is 23.8 Å². The summed E-state index contributed by atoms with van der Waals surface area (Å²) in [5, 5.41) is 9.89. The van der Waals surface area contributed by atoms with Gasteiger partial charge in [0.2, 0.25) is 5.91 Å². The highest BCUT2D eigenvalue weighted by molar-refractivity contribution is 5.78. The zero-order valence-electron chi connectivity index (χ0n) is 13.6. The molecule has 1 aliphatic rings. The number of carbonyl (C=O) groups excluding carboxylic acids is 1. The van der Waals surface area contributed by atoms with E-state index in [2.05, 4.69) is 0 Å². The zero-order valence-corrected chi connectivity index (χ0v) is 13.6. The van der Waals surface area contributed by atoms with Crippen LogP contribution in [-0.4, -0.2) is 35.2 Å². The molecule has 1 saturated heterocycles. The number of likely N-dealkylation sites (tertiary alicyclic amines) is 1. The smallest absolute Gasteiger partial charge is 0.249 e. The third kappa shape index (κ3) is 4.21. The Hall–Kier alpha value is -2.31. The lowest BCUT2D eigenvalue weighted by Gasteiger charge is -2.25. The second kappa shape index (κ2) is 7.72. The molecule has 3 rings (SSSR count). The quantitative estimate of drug-likeness (QED) is 0.905. The van der Waals surface area contributed by atoms with Crippen molar-refractivity contribution in [1.82, 2.24) is 4.90 Å². The Morgan fingerprint density at radius 3 is 2.72 bits per heavy atom. The van der Waals surface area contributed by atoms with Gasteiger partial charge in [-0.2, -0.15) is 0 Å². The molecule has 1 N–H and O–H groups in total. The third-order valence-corrected chi connectivity index (χ3v) is 4.25. The Labute approximate surface area is 144 Å². The highest BCUT2D eigenvalue weighted by atomic mass is 19.1. The third-order valence-electron chi connectivity index (χ3n) is 4.25. The molecule has 1 heterocycles. The topological polar surface area (TPSA) is 49.8 Å². The van der Waals surface area contributed by atoms with Crippen molar-refractivity contribution in [2.45, 2.75) is 25.2 Å². The summed E-state index contributed by atoms with van der Waals surface area (Å²) in [6.07, 6.45) is -0.601. The summed E-state index contributed by atoms with van der Waals surface area (Å²) in [5.74, 6) is -1.53. The van der Waals surface area contributed by atoms with Crippen LogP contribution in [-0.2, 0) is 16.1 Å². The molecule has 0 aromatic heterocycles. The number of hydrogen-bond acceptors (Lipinski definition) is 3. The fourth-order valence-corrected chi connectivity index (χ4v) is 3.07. The second-order valence-corrected chi connectivity index (χ2v) is 6.10. The molecule has 6 heteroatoms. The predicted octanol–water partition coefficient (Wildman–Crippen LogP) is 2.82. The molecule has 2 aromatic carbocycles. The van der Waals surface area contributed by atoms with Gasteiger partial charge in [0.1, 0.15) is 18.2 Å². The maximum absolute atomic E-state index is 14.0. The van der Waals surface area contributed by atoms with Crippen molar-refractivity contribution in [3.63, 3.8) is 0 Å². The lowest BCUT2D eigenvalue weighted by atomic mass is 10.0. The van der Waals surface area contributed by atoms with Crippen molar-refractivity contribution < 1.29 is 23.4 Å². The van der Waals surface area contributed by atoms with Gasteiger partial charge < -0.3 is 14.7 Å². The number of ether oxygens (including phenoxy) is 1. The van der Waals surface area contributed by atoms with Crippen LogP contribution in [0.2, 0.25) is 0 Å². The van der Waals surface area contributed by atoms with Crippen LogP contribution >= 0.6 is 0 Å². The van der Waals surface area contributed by atoms with Crippen LogP contribution in [0.4, 0.5) is 8.78 Å². The number of nitrogens with zero attached hydrogens (tertiary/aromatic N) is 1. The molecule has 0 bridgehead atoms. The first kappa shape index (κ1) is 17.5. The minimum absolute atomic E-state index is 0.0768. The highest BCUT2D eigenvalue weighted by Crippen LogP contribution is 2.34. The molecule has 0 radical (unpaired) electrons. The van der Waals surface area contributed by atoms with E-state index >= 15 is 0 Å². The van der Waals surface area contributed by atoms with E-state index in [-0.39, 0.29) is 37.6 Å². The van der Waals surface area contributed by atoms with Crippen LogP contribution in [0.15, 0.2) is 48.5 Å². The molecule has 0 saturated carbocycles. The van der Waals surface area contributed by atoms with Crippen LogP contribution in [0.25, 0.3) is 0 Å². The fourth-order valence-electron chi connectivity index (χ4n) is 3.07. The van der Waals surface area contributed by atoms with E-state index in [1.807, 2.05) is 30.3 Å². The molecule has 2 aromatic rings. The van der Waals surface area contributed by atoms with E-state index in [0.29, 0.717) is 0 Å². The van der Waals surface area contributed by atoms with Crippen LogP contribution in [0.1, 0.15) is 23.6 Å². The first-order valence-corrected chi connectivity index (χ1v) is 8.08. The Kier molecular flexibility index (Phi) is 5.40. The van der Waals surface area contributed by atoms with Crippen molar-refractivity contribution in [3.8, 4) is 0 Å². The molecule has 25 heavy (non-hydrogen) atoms. The minimum Gasteiger partial charge on any atom is -0.391 e. The largest absolute Gasteiger partial charge is 0.391 e. The first-order chi connectivity index (χ1) is 12.0. The van der Waals surface area contributed by atoms with Gasteiger partial charge in [0.25, 0.3) is 0 Å². The zero-order chi connectivity index (χ0) is 17.8. The Morgan fingerprint density at radius 2 is 1.96 bits per heavy atom. The lowest BCUT2D eigenvalue weighted by molar-refractivity contribution is -0.137. The number of halogens is 2. The van der Waals surface area contributed by atoms with Crippen molar-refractivity contribution in [2.24, 2.45) is 0 Å². The molecule has 1 aliphatic heterocycles. The average molecular weight is 347 g/mol. The Morgan fingerprint density at radius 1 is 1.20 bits per heavy atom. The van der Waals surface area contributed by atoms with Gasteiger partial charge in [-0.3, -0.25) is 4.79 Å². The van der Waals surface area contributed by atoms with Gasteiger partial charge in [-0.05, 0) is 30.2 Å². The van der Waals surface area contributed by atoms with Crippen molar-refractivity contribution in [2.75, 3.05) is 13.2 Å². The van der Waals surface area contributed by atoms with E-state index in [1.54, 1.807) is 0 Å². The van der Waals surface area contributed by atoms with E-state index in [9.17, 15) is 18.7 Å². The van der Waals surface area contributed by atoms with Crippen LogP contribution in [0.3, 0.4) is 0 Å². The summed E-state index contributed by atoms with van der Waals surface area (Å²) in [4.78, 5) is 13.8. The molecule has 1 fully saturated rings. The van der Waals surface area contributed by atoms with E-state index < -0.39 is 23.8 Å². The molecular formula is C19H19F2NO3. The SMILES string of the molecule is O=C(COCc1ccccc1)N1C[C@@H](O)C[C@@H]1c1cc(F)ccc1F. The highest BCUT2D eigenvalue weighted by Gasteiger charge is 2.36. The van der Waals surface area contributed by atoms with Gasteiger partial charge in [-0.15, -0.1) is 0 Å². The number of aliphatic hydroxyl groups is 1. The number of hydrogen-bond donors (Lipinski definition) is 1. The number of benzene rings is 2. The molecule has 1 amide bonds. The number of aliphatic hydroxyl groups excluding tert-OH is 1. The lowest BCUT2D eigenvalue weighted by Crippen LogP contribution is -2.35. The Bertz CT molecular complexity index is 739. The molecule has 0 spiro atoms. The maximum atomic E-state index is 14.0. The number of rotatable bonds is 5.